The van der Waals surface area contributed by atoms with Gasteiger partial charge in [-0.2, -0.15) is 0 Å². The highest BCUT2D eigenvalue weighted by atomic mass is 32.2. The molecule has 0 aliphatic heterocycles. The minimum Gasteiger partial charge on any atom is -0.493 e. The molecule has 0 fully saturated rings. The van der Waals surface area contributed by atoms with E-state index in [1.165, 1.54) is 11.8 Å². The fourth-order valence-corrected chi connectivity index (χ4v) is 5.48. The van der Waals surface area contributed by atoms with Gasteiger partial charge in [0.1, 0.15) is 23.3 Å². The van der Waals surface area contributed by atoms with E-state index in [0.717, 1.165) is 47.3 Å². The molecule has 35 heavy (non-hydrogen) atoms. The van der Waals surface area contributed by atoms with Crippen molar-refractivity contribution in [2.75, 3.05) is 58.4 Å². The minimum atomic E-state index is 0.0351. The molecule has 0 spiro atoms. The lowest BCUT2D eigenvalue weighted by Crippen LogP contribution is -2.32. The average molecular weight is 518 g/mol. The number of nitrogens with zero attached hydrogens (tertiary/aromatic N) is 4. The van der Waals surface area contributed by atoms with Crippen LogP contribution in [0.1, 0.15) is 29.7 Å². The second kappa shape index (κ2) is 12.9. The van der Waals surface area contributed by atoms with Crippen molar-refractivity contribution in [1.29, 1.82) is 0 Å². The van der Waals surface area contributed by atoms with Crippen LogP contribution in [0.4, 0.5) is 11.6 Å². The van der Waals surface area contributed by atoms with Crippen LogP contribution in [0.3, 0.4) is 0 Å². The van der Waals surface area contributed by atoms with Crippen LogP contribution >= 0.6 is 23.1 Å². The lowest BCUT2D eigenvalue weighted by Gasteiger charge is -2.18. The number of benzene rings is 1. The molecule has 9 nitrogen and oxygen atoms in total. The molecule has 0 saturated carbocycles. The first-order chi connectivity index (χ1) is 16.8. The molecule has 3 aromatic rings. The Morgan fingerprint density at radius 2 is 1.86 bits per heavy atom. The van der Waals surface area contributed by atoms with Crippen LogP contribution in [0.5, 0.6) is 11.5 Å². The minimum absolute atomic E-state index is 0.0351. The molecule has 0 bridgehead atoms. The van der Waals surface area contributed by atoms with Gasteiger partial charge in [-0.25, -0.2) is 15.0 Å². The Kier molecular flexibility index (Phi) is 9.96. The van der Waals surface area contributed by atoms with Crippen molar-refractivity contribution in [2.24, 2.45) is 0 Å². The van der Waals surface area contributed by atoms with Gasteiger partial charge < -0.3 is 31.2 Å². The number of methoxy groups -OCH3 is 1. The predicted octanol–water partition coefficient (Wildman–Crippen LogP) is 3.85. The van der Waals surface area contributed by atoms with Gasteiger partial charge >= 0.3 is 0 Å². The monoisotopic (exact) mass is 517 g/mol. The van der Waals surface area contributed by atoms with E-state index in [-0.39, 0.29) is 5.25 Å². The van der Waals surface area contributed by atoms with Gasteiger partial charge in [0.05, 0.1) is 18.1 Å². The number of nitrogen functional groups attached to an aromatic ring is 2. The summed E-state index contributed by atoms with van der Waals surface area (Å²) >= 11 is 3.13. The van der Waals surface area contributed by atoms with Gasteiger partial charge in [0, 0.05) is 36.1 Å². The fraction of sp³-hybridized carbons (Fsp3) is 0.458. The number of hydrogen-bond acceptors (Lipinski definition) is 11. The molecule has 5 N–H and O–H groups in total. The van der Waals surface area contributed by atoms with Crippen molar-refractivity contribution >= 4 is 34.7 Å². The first-order valence-corrected chi connectivity index (χ1v) is 13.2. The molecular formula is C24H35N7O2S2. The van der Waals surface area contributed by atoms with Crippen LogP contribution in [0.2, 0.25) is 0 Å². The molecule has 190 valence electrons. The topological polar surface area (TPSA) is 124 Å². The van der Waals surface area contributed by atoms with Crippen LogP contribution in [0.15, 0.2) is 29.4 Å². The number of ether oxygens (including phenoxy) is 2. The molecule has 0 aliphatic carbocycles. The van der Waals surface area contributed by atoms with E-state index in [4.69, 9.17) is 25.9 Å². The van der Waals surface area contributed by atoms with Gasteiger partial charge in [0.2, 0.25) is 0 Å². The summed E-state index contributed by atoms with van der Waals surface area (Å²) in [6, 6.07) is 7.48. The van der Waals surface area contributed by atoms with Crippen LogP contribution < -0.4 is 26.3 Å². The number of anilines is 2. The Morgan fingerprint density at radius 3 is 2.54 bits per heavy atom. The number of hydrogen-bond donors (Lipinski definition) is 3. The third kappa shape index (κ3) is 7.69. The highest BCUT2D eigenvalue weighted by molar-refractivity contribution is 7.99. The maximum Gasteiger partial charge on any atom is 0.192 e. The summed E-state index contributed by atoms with van der Waals surface area (Å²) in [6.07, 6.45) is 0. The zero-order valence-electron chi connectivity index (χ0n) is 21.0. The predicted molar refractivity (Wildman–Crippen MR) is 146 cm³/mol. The van der Waals surface area contributed by atoms with E-state index in [0.29, 0.717) is 34.9 Å². The molecule has 1 atom stereocenters. The zero-order valence-corrected chi connectivity index (χ0v) is 22.6. The number of nitrogens with one attached hydrogen (secondary N) is 1. The lowest BCUT2D eigenvalue weighted by molar-refractivity contribution is 0.230. The SMILES string of the molecule is CCNCCN(C)CCOc1cc(-c2nc([C@@H](C)Sc3nc(N)cc(N)n3)c(C)s2)ccc1OC. The highest BCUT2D eigenvalue weighted by Crippen LogP contribution is 2.40. The molecule has 11 heteroatoms. The summed E-state index contributed by atoms with van der Waals surface area (Å²) in [4.78, 5) is 16.9. The summed E-state index contributed by atoms with van der Waals surface area (Å²) in [5.41, 5.74) is 13.6. The standard InChI is InChI=1S/C24H35N7O2S2/c1-6-27-9-10-31(4)11-12-33-19-13-17(7-8-18(19)32-5)23-30-22(15(2)34-23)16(3)35-24-28-20(25)14-21(26)29-24/h7-8,13-14,16,27H,6,9-12H2,1-5H3,(H4,25,26,28,29)/t16-/m1/s1. The van der Waals surface area contributed by atoms with E-state index >= 15 is 0 Å². The van der Waals surface area contributed by atoms with E-state index in [9.17, 15) is 0 Å². The largest absolute Gasteiger partial charge is 0.493 e. The van der Waals surface area contributed by atoms with E-state index in [1.54, 1.807) is 24.5 Å². The van der Waals surface area contributed by atoms with Crippen molar-refractivity contribution in [3.05, 3.63) is 34.8 Å². The molecule has 0 radical (unpaired) electrons. The first-order valence-electron chi connectivity index (χ1n) is 11.5. The first kappa shape index (κ1) is 27.0. The third-order valence-electron chi connectivity index (χ3n) is 5.31. The van der Waals surface area contributed by atoms with E-state index in [2.05, 4.69) is 48.0 Å². The van der Waals surface area contributed by atoms with Crippen molar-refractivity contribution in [2.45, 2.75) is 31.2 Å². The number of thioether (sulfide) groups is 1. The van der Waals surface area contributed by atoms with Gasteiger partial charge in [0.15, 0.2) is 16.7 Å². The molecule has 0 aliphatic rings. The molecule has 3 rings (SSSR count). The molecule has 0 saturated heterocycles. The fourth-order valence-electron chi connectivity index (χ4n) is 3.43. The Morgan fingerprint density at radius 1 is 1.11 bits per heavy atom. The number of rotatable bonds is 13. The summed E-state index contributed by atoms with van der Waals surface area (Å²) < 4.78 is 11.6. The van der Waals surface area contributed by atoms with Crippen LogP contribution in [-0.2, 0) is 0 Å². The Bertz CT molecular complexity index is 1090. The van der Waals surface area contributed by atoms with Crippen molar-refractivity contribution < 1.29 is 9.47 Å². The van der Waals surface area contributed by atoms with Crippen molar-refractivity contribution in [1.82, 2.24) is 25.2 Å². The summed E-state index contributed by atoms with van der Waals surface area (Å²) in [5.74, 6) is 2.14. The summed E-state index contributed by atoms with van der Waals surface area (Å²) in [7, 11) is 3.75. The number of nitrogens with two attached hydrogens (primary N) is 2. The smallest absolute Gasteiger partial charge is 0.192 e. The maximum absolute atomic E-state index is 6.10. The van der Waals surface area contributed by atoms with Gasteiger partial charge in [-0.05, 0) is 45.6 Å². The second-order valence-electron chi connectivity index (χ2n) is 8.09. The number of aryl methyl sites for hydroxylation is 1. The normalized spacial score (nSPS) is 12.2. The number of likely N-dealkylation sites (N-methyl/N-ethyl adjacent to an activating group) is 2. The van der Waals surface area contributed by atoms with Crippen LogP contribution in [0.25, 0.3) is 10.6 Å². The molecule has 0 amide bonds. The molecule has 2 aromatic heterocycles. The maximum atomic E-state index is 6.10. The van der Waals surface area contributed by atoms with E-state index < -0.39 is 0 Å². The van der Waals surface area contributed by atoms with Gasteiger partial charge in [-0.3, -0.25) is 0 Å². The summed E-state index contributed by atoms with van der Waals surface area (Å²) in [5, 5.41) is 4.84. The Hall–Kier alpha value is -2.60. The second-order valence-corrected chi connectivity index (χ2v) is 10.6. The third-order valence-corrected chi connectivity index (χ3v) is 7.31. The van der Waals surface area contributed by atoms with Crippen molar-refractivity contribution in [3.63, 3.8) is 0 Å². The number of thiazole rings is 1. The van der Waals surface area contributed by atoms with Gasteiger partial charge in [-0.1, -0.05) is 18.7 Å². The van der Waals surface area contributed by atoms with Gasteiger partial charge in [0.25, 0.3) is 0 Å². The molecule has 0 unspecified atom stereocenters. The Labute approximate surface area is 215 Å². The molecule has 1 aromatic carbocycles. The van der Waals surface area contributed by atoms with Crippen molar-refractivity contribution in [3.8, 4) is 22.1 Å². The Balaban J connectivity index is 1.71. The molecular weight excluding hydrogens is 482 g/mol. The van der Waals surface area contributed by atoms with Gasteiger partial charge in [-0.15, -0.1) is 11.3 Å². The van der Waals surface area contributed by atoms with E-state index in [1.807, 2.05) is 18.2 Å². The lowest BCUT2D eigenvalue weighted by atomic mass is 10.2. The number of aromatic nitrogens is 3. The van der Waals surface area contributed by atoms with Crippen LogP contribution in [-0.4, -0.2) is 66.8 Å². The highest BCUT2D eigenvalue weighted by Gasteiger charge is 2.19. The zero-order chi connectivity index (χ0) is 25.4. The average Bonchev–Trinajstić information content (AvgIpc) is 3.20. The quantitative estimate of drug-likeness (QED) is 0.175. The summed E-state index contributed by atoms with van der Waals surface area (Å²) in [6.45, 7) is 10.6. The molecule has 2 heterocycles. The van der Waals surface area contributed by atoms with Crippen LogP contribution in [0, 0.1) is 6.92 Å².